The summed E-state index contributed by atoms with van der Waals surface area (Å²) in [5.74, 6) is -2.48. The van der Waals surface area contributed by atoms with Crippen LogP contribution in [0.15, 0.2) is 22.7 Å². The van der Waals surface area contributed by atoms with Crippen molar-refractivity contribution in [3.05, 3.63) is 33.8 Å². The third-order valence-electron chi connectivity index (χ3n) is 2.27. The number of carboxylic acids is 1. The fourth-order valence-corrected chi connectivity index (χ4v) is 2.23. The van der Waals surface area contributed by atoms with Gasteiger partial charge in [-0.2, -0.15) is 13.2 Å². The number of halogens is 4. The number of hydrogen-bond acceptors (Lipinski definition) is 2. The summed E-state index contributed by atoms with van der Waals surface area (Å²) in [6.45, 7) is -0.944. The SMILES string of the molecule is Cc1cc(Br)cc(C(=O)N(CC(=O)O)CC(F)(F)F)c1. The molecular formula is C12H11BrF3NO3. The molecule has 0 aliphatic heterocycles. The average molecular weight is 354 g/mol. The summed E-state index contributed by atoms with van der Waals surface area (Å²) < 4.78 is 37.7. The van der Waals surface area contributed by atoms with Gasteiger partial charge < -0.3 is 10.0 Å². The molecule has 110 valence electrons. The Balaban J connectivity index is 3.06. The monoisotopic (exact) mass is 353 g/mol. The van der Waals surface area contributed by atoms with Crippen LogP contribution < -0.4 is 0 Å². The van der Waals surface area contributed by atoms with Gasteiger partial charge in [0.1, 0.15) is 13.1 Å². The highest BCUT2D eigenvalue weighted by molar-refractivity contribution is 9.10. The van der Waals surface area contributed by atoms with Crippen molar-refractivity contribution in [2.24, 2.45) is 0 Å². The molecule has 0 atom stereocenters. The van der Waals surface area contributed by atoms with E-state index in [0.29, 0.717) is 10.0 Å². The third-order valence-corrected chi connectivity index (χ3v) is 2.73. The van der Waals surface area contributed by atoms with Gasteiger partial charge in [-0.05, 0) is 30.7 Å². The molecule has 0 heterocycles. The van der Waals surface area contributed by atoms with Crippen LogP contribution in [-0.2, 0) is 4.79 Å². The van der Waals surface area contributed by atoms with E-state index < -0.39 is 31.1 Å². The number of amides is 1. The Morgan fingerprint density at radius 1 is 1.30 bits per heavy atom. The molecule has 0 unspecified atom stereocenters. The zero-order valence-corrected chi connectivity index (χ0v) is 12.0. The van der Waals surface area contributed by atoms with Gasteiger partial charge in [0.2, 0.25) is 0 Å². The molecule has 0 aromatic heterocycles. The summed E-state index contributed by atoms with van der Waals surface area (Å²) in [5.41, 5.74) is 0.674. The fourth-order valence-electron chi connectivity index (χ4n) is 1.62. The van der Waals surface area contributed by atoms with E-state index in [1.165, 1.54) is 12.1 Å². The van der Waals surface area contributed by atoms with Crippen LogP contribution in [0.3, 0.4) is 0 Å². The van der Waals surface area contributed by atoms with Crippen LogP contribution in [0.1, 0.15) is 15.9 Å². The average Bonchev–Trinajstić information content (AvgIpc) is 2.23. The molecule has 1 rings (SSSR count). The number of carboxylic acid groups (broad SMARTS) is 1. The van der Waals surface area contributed by atoms with Gasteiger partial charge >= 0.3 is 12.1 Å². The lowest BCUT2D eigenvalue weighted by molar-refractivity contribution is -0.149. The molecule has 0 spiro atoms. The smallest absolute Gasteiger partial charge is 0.406 e. The summed E-state index contributed by atoms with van der Waals surface area (Å²) in [4.78, 5) is 22.9. The van der Waals surface area contributed by atoms with Crippen molar-refractivity contribution < 1.29 is 27.9 Å². The number of aliphatic carboxylic acids is 1. The van der Waals surface area contributed by atoms with Gasteiger partial charge in [-0.15, -0.1) is 0 Å². The van der Waals surface area contributed by atoms with Crippen molar-refractivity contribution >= 4 is 27.8 Å². The summed E-state index contributed by atoms with van der Waals surface area (Å²) in [6.07, 6.45) is -4.66. The highest BCUT2D eigenvalue weighted by atomic mass is 79.9. The number of carbonyl (C=O) groups excluding carboxylic acids is 1. The van der Waals surface area contributed by atoms with Crippen LogP contribution in [0.2, 0.25) is 0 Å². The van der Waals surface area contributed by atoms with E-state index in [0.717, 1.165) is 0 Å². The Morgan fingerprint density at radius 2 is 1.90 bits per heavy atom. The zero-order valence-electron chi connectivity index (χ0n) is 10.4. The normalized spacial score (nSPS) is 11.2. The van der Waals surface area contributed by atoms with Gasteiger partial charge in [0.05, 0.1) is 0 Å². The number of carbonyl (C=O) groups is 2. The number of nitrogens with zero attached hydrogens (tertiary/aromatic N) is 1. The number of benzene rings is 1. The van der Waals surface area contributed by atoms with Crippen molar-refractivity contribution in [3.63, 3.8) is 0 Å². The Kier molecular flexibility index (Phi) is 5.15. The fraction of sp³-hybridized carbons (Fsp3) is 0.333. The Labute approximate surface area is 121 Å². The maximum Gasteiger partial charge on any atom is 0.406 e. The van der Waals surface area contributed by atoms with E-state index in [4.69, 9.17) is 5.11 Å². The van der Waals surface area contributed by atoms with E-state index in [9.17, 15) is 22.8 Å². The first-order chi connectivity index (χ1) is 9.08. The van der Waals surface area contributed by atoms with E-state index in [2.05, 4.69) is 15.9 Å². The maximum absolute atomic E-state index is 12.4. The molecular weight excluding hydrogens is 343 g/mol. The van der Waals surface area contributed by atoms with Crippen molar-refractivity contribution in [1.29, 1.82) is 0 Å². The summed E-state index contributed by atoms with van der Waals surface area (Å²) in [7, 11) is 0. The molecule has 20 heavy (non-hydrogen) atoms. The first-order valence-electron chi connectivity index (χ1n) is 5.43. The predicted molar refractivity (Wildman–Crippen MR) is 68.5 cm³/mol. The Hall–Kier alpha value is -1.57. The van der Waals surface area contributed by atoms with Crippen LogP contribution in [0.25, 0.3) is 0 Å². The molecule has 0 saturated carbocycles. The van der Waals surface area contributed by atoms with Gasteiger partial charge in [0, 0.05) is 10.0 Å². The van der Waals surface area contributed by atoms with Crippen LogP contribution in [0.5, 0.6) is 0 Å². The van der Waals surface area contributed by atoms with Gasteiger partial charge in [0.25, 0.3) is 5.91 Å². The second kappa shape index (κ2) is 6.25. The summed E-state index contributed by atoms with van der Waals surface area (Å²) >= 11 is 3.13. The molecule has 0 aliphatic carbocycles. The van der Waals surface area contributed by atoms with E-state index >= 15 is 0 Å². The number of rotatable bonds is 4. The van der Waals surface area contributed by atoms with Gasteiger partial charge in [0.15, 0.2) is 0 Å². The quantitative estimate of drug-likeness (QED) is 0.905. The van der Waals surface area contributed by atoms with Crippen LogP contribution in [0.4, 0.5) is 13.2 Å². The van der Waals surface area contributed by atoms with E-state index in [1.807, 2.05) is 0 Å². The lowest BCUT2D eigenvalue weighted by Gasteiger charge is -2.22. The first-order valence-corrected chi connectivity index (χ1v) is 6.23. The summed E-state index contributed by atoms with van der Waals surface area (Å²) in [5, 5.41) is 8.62. The topological polar surface area (TPSA) is 57.6 Å². The van der Waals surface area contributed by atoms with Gasteiger partial charge in [-0.1, -0.05) is 15.9 Å². The number of hydrogen-bond donors (Lipinski definition) is 1. The molecule has 1 aromatic carbocycles. The minimum absolute atomic E-state index is 0.00220. The van der Waals surface area contributed by atoms with Gasteiger partial charge in [-0.25, -0.2) is 0 Å². The largest absolute Gasteiger partial charge is 0.480 e. The zero-order chi connectivity index (χ0) is 15.5. The van der Waals surface area contributed by atoms with Crippen molar-refractivity contribution in [2.75, 3.05) is 13.1 Å². The van der Waals surface area contributed by atoms with Crippen molar-refractivity contribution in [1.82, 2.24) is 4.90 Å². The first kappa shape index (κ1) is 16.5. The van der Waals surface area contributed by atoms with Crippen LogP contribution in [0, 0.1) is 6.92 Å². The molecule has 0 fully saturated rings. The minimum Gasteiger partial charge on any atom is -0.480 e. The highest BCUT2D eigenvalue weighted by Crippen LogP contribution is 2.20. The predicted octanol–water partition coefficient (Wildman–Crippen LogP) is 2.85. The molecule has 1 amide bonds. The molecule has 1 aromatic rings. The summed E-state index contributed by atoms with van der Waals surface area (Å²) in [6, 6.07) is 4.43. The molecule has 0 saturated heterocycles. The highest BCUT2D eigenvalue weighted by Gasteiger charge is 2.34. The number of aryl methyl sites for hydroxylation is 1. The lowest BCUT2D eigenvalue weighted by Crippen LogP contribution is -2.42. The minimum atomic E-state index is -4.66. The number of alkyl halides is 3. The van der Waals surface area contributed by atoms with Crippen LogP contribution in [-0.4, -0.2) is 41.1 Å². The van der Waals surface area contributed by atoms with E-state index in [-0.39, 0.29) is 10.5 Å². The maximum atomic E-state index is 12.4. The Bertz CT molecular complexity index is 511. The molecule has 0 aliphatic rings. The van der Waals surface area contributed by atoms with E-state index in [1.54, 1.807) is 13.0 Å². The molecule has 1 N–H and O–H groups in total. The lowest BCUT2D eigenvalue weighted by atomic mass is 10.1. The van der Waals surface area contributed by atoms with Crippen molar-refractivity contribution in [3.8, 4) is 0 Å². The third kappa shape index (κ3) is 5.20. The second-order valence-corrected chi connectivity index (χ2v) is 5.10. The standard InChI is InChI=1S/C12H11BrF3NO3/c1-7-2-8(4-9(13)3-7)11(20)17(5-10(18)19)6-12(14,15)16/h2-4H,5-6H2,1H3,(H,18,19). The molecule has 4 nitrogen and oxygen atoms in total. The van der Waals surface area contributed by atoms with Crippen LogP contribution >= 0.6 is 15.9 Å². The Morgan fingerprint density at radius 3 is 2.35 bits per heavy atom. The second-order valence-electron chi connectivity index (χ2n) is 4.19. The molecule has 0 radical (unpaired) electrons. The molecule has 8 heteroatoms. The van der Waals surface area contributed by atoms with Crippen molar-refractivity contribution in [2.45, 2.75) is 13.1 Å². The molecule has 0 bridgehead atoms. The van der Waals surface area contributed by atoms with Gasteiger partial charge in [-0.3, -0.25) is 9.59 Å².